The summed E-state index contributed by atoms with van der Waals surface area (Å²) in [7, 11) is 0. The van der Waals surface area contributed by atoms with Gasteiger partial charge in [-0.3, -0.25) is 0 Å². The highest BCUT2D eigenvalue weighted by molar-refractivity contribution is 9.10. The van der Waals surface area contributed by atoms with Crippen LogP contribution in [0, 0.1) is 5.82 Å². The normalized spacial score (nSPS) is 20.7. The minimum absolute atomic E-state index is 0.0382. The third-order valence-corrected chi connectivity index (χ3v) is 4.83. The molecule has 3 rings (SSSR count). The van der Waals surface area contributed by atoms with Crippen LogP contribution in [0.15, 0.2) is 28.9 Å². The quantitative estimate of drug-likeness (QED) is 0.686. The van der Waals surface area contributed by atoms with E-state index in [1.807, 2.05) is 0 Å². The van der Waals surface area contributed by atoms with Crippen LogP contribution in [0.2, 0.25) is 5.02 Å². The van der Waals surface area contributed by atoms with E-state index in [1.54, 1.807) is 12.3 Å². The molecule has 24 heavy (non-hydrogen) atoms. The van der Waals surface area contributed by atoms with Gasteiger partial charge < -0.3 is 15.7 Å². The van der Waals surface area contributed by atoms with Crippen LogP contribution in [0.3, 0.4) is 0 Å². The maximum Gasteiger partial charge on any atom is 0.229 e. The fraction of sp³-hybridized carbons (Fsp3) is 0.375. The fourth-order valence-corrected chi connectivity index (χ4v) is 3.13. The molecule has 0 unspecified atom stereocenters. The third kappa shape index (κ3) is 4.34. The molecule has 0 spiro atoms. The summed E-state index contributed by atoms with van der Waals surface area (Å²) in [5, 5.41) is 16.0. The molecule has 0 radical (unpaired) electrons. The lowest BCUT2D eigenvalue weighted by Crippen LogP contribution is -2.28. The zero-order valence-electron chi connectivity index (χ0n) is 12.8. The standard InChI is InChI=1S/C16H17BrClFN4O/c17-12-8-20-16(22-10-3-6-14(19)13(18)7-10)23-15(12)21-9-1-4-11(24)5-2-9/h3,6-9,11,24H,1-2,4-5H2,(H2,20,21,22,23)/t9-,11-. The molecule has 1 aliphatic rings. The van der Waals surface area contributed by atoms with Gasteiger partial charge in [-0.2, -0.15) is 4.98 Å². The molecule has 0 saturated heterocycles. The lowest BCUT2D eigenvalue weighted by molar-refractivity contribution is 0.126. The third-order valence-electron chi connectivity index (χ3n) is 3.96. The Morgan fingerprint density at radius 1 is 1.25 bits per heavy atom. The summed E-state index contributed by atoms with van der Waals surface area (Å²) < 4.78 is 14.0. The zero-order valence-corrected chi connectivity index (χ0v) is 15.1. The van der Waals surface area contributed by atoms with Gasteiger partial charge in [0.15, 0.2) is 0 Å². The molecule has 5 nitrogen and oxygen atoms in total. The van der Waals surface area contributed by atoms with Gasteiger partial charge in [-0.05, 0) is 59.8 Å². The van der Waals surface area contributed by atoms with Crippen LogP contribution in [-0.2, 0) is 0 Å². The summed E-state index contributed by atoms with van der Waals surface area (Å²) in [5.41, 5.74) is 0.607. The molecule has 0 amide bonds. The predicted molar refractivity (Wildman–Crippen MR) is 96.3 cm³/mol. The van der Waals surface area contributed by atoms with E-state index in [4.69, 9.17) is 11.6 Å². The first kappa shape index (κ1) is 17.4. The summed E-state index contributed by atoms with van der Waals surface area (Å²) >= 11 is 9.22. The van der Waals surface area contributed by atoms with Crippen molar-refractivity contribution in [1.29, 1.82) is 0 Å². The van der Waals surface area contributed by atoms with Gasteiger partial charge in [-0.15, -0.1) is 0 Å². The first-order valence-corrected chi connectivity index (χ1v) is 8.87. The molecular weight excluding hydrogens is 399 g/mol. The molecule has 0 aliphatic heterocycles. The number of hydrogen-bond acceptors (Lipinski definition) is 5. The Morgan fingerprint density at radius 3 is 2.71 bits per heavy atom. The highest BCUT2D eigenvalue weighted by Gasteiger charge is 2.20. The molecule has 3 N–H and O–H groups in total. The molecule has 8 heteroatoms. The predicted octanol–water partition coefficient (Wildman–Crippen LogP) is 4.49. The number of rotatable bonds is 4. The van der Waals surface area contributed by atoms with Crippen LogP contribution in [-0.4, -0.2) is 27.2 Å². The van der Waals surface area contributed by atoms with Crippen molar-refractivity contribution in [3.05, 3.63) is 39.7 Å². The molecule has 1 saturated carbocycles. The molecule has 0 atom stereocenters. The second kappa shape index (κ2) is 7.63. The number of nitrogens with zero attached hydrogens (tertiary/aromatic N) is 2. The van der Waals surface area contributed by atoms with Gasteiger partial charge in [0.25, 0.3) is 0 Å². The van der Waals surface area contributed by atoms with Gasteiger partial charge in [0.2, 0.25) is 5.95 Å². The maximum atomic E-state index is 13.2. The molecular formula is C16H17BrClFN4O. The summed E-state index contributed by atoms with van der Waals surface area (Å²) in [6, 6.07) is 4.61. The monoisotopic (exact) mass is 414 g/mol. The number of anilines is 3. The van der Waals surface area contributed by atoms with Gasteiger partial charge in [-0.1, -0.05) is 11.6 Å². The molecule has 1 aromatic heterocycles. The average molecular weight is 416 g/mol. The molecule has 1 aliphatic carbocycles. The second-order valence-electron chi connectivity index (χ2n) is 5.79. The Hall–Kier alpha value is -1.44. The number of halogens is 3. The van der Waals surface area contributed by atoms with Crippen molar-refractivity contribution in [3.63, 3.8) is 0 Å². The van der Waals surface area contributed by atoms with E-state index in [2.05, 4.69) is 36.5 Å². The number of aliphatic hydroxyl groups is 1. The van der Waals surface area contributed by atoms with E-state index in [-0.39, 0.29) is 17.2 Å². The number of aromatic nitrogens is 2. The van der Waals surface area contributed by atoms with E-state index >= 15 is 0 Å². The summed E-state index contributed by atoms with van der Waals surface area (Å²) in [5.74, 6) is 0.599. The van der Waals surface area contributed by atoms with Crippen molar-refractivity contribution in [2.24, 2.45) is 0 Å². The summed E-state index contributed by atoms with van der Waals surface area (Å²) in [4.78, 5) is 8.66. The maximum absolute atomic E-state index is 13.2. The van der Waals surface area contributed by atoms with E-state index in [9.17, 15) is 9.50 Å². The van der Waals surface area contributed by atoms with Crippen molar-refractivity contribution in [3.8, 4) is 0 Å². The van der Waals surface area contributed by atoms with E-state index < -0.39 is 5.82 Å². The number of hydrogen-bond donors (Lipinski definition) is 3. The van der Waals surface area contributed by atoms with Crippen LogP contribution in [0.5, 0.6) is 0 Å². The first-order chi connectivity index (χ1) is 11.5. The molecule has 1 heterocycles. The van der Waals surface area contributed by atoms with E-state index in [0.29, 0.717) is 17.5 Å². The Bertz CT molecular complexity index is 725. The van der Waals surface area contributed by atoms with Gasteiger partial charge in [-0.25, -0.2) is 9.37 Å². The lowest BCUT2D eigenvalue weighted by Gasteiger charge is -2.27. The van der Waals surface area contributed by atoms with Gasteiger partial charge in [0.1, 0.15) is 11.6 Å². The second-order valence-corrected chi connectivity index (χ2v) is 7.06. The fourth-order valence-electron chi connectivity index (χ4n) is 2.65. The highest BCUT2D eigenvalue weighted by Crippen LogP contribution is 2.27. The minimum Gasteiger partial charge on any atom is -0.393 e. The SMILES string of the molecule is O[C@H]1CC[C@H](Nc2nc(Nc3ccc(F)c(Cl)c3)ncc2Br)CC1. The number of aliphatic hydroxyl groups excluding tert-OH is 1. The Kier molecular flexibility index (Phi) is 5.53. The van der Waals surface area contributed by atoms with Crippen LogP contribution in [0.25, 0.3) is 0 Å². The van der Waals surface area contributed by atoms with Crippen molar-refractivity contribution >= 4 is 45.0 Å². The topological polar surface area (TPSA) is 70.1 Å². The van der Waals surface area contributed by atoms with Crippen molar-refractivity contribution in [2.75, 3.05) is 10.6 Å². The number of benzene rings is 1. The Morgan fingerprint density at radius 2 is 2.00 bits per heavy atom. The van der Waals surface area contributed by atoms with Crippen LogP contribution in [0.1, 0.15) is 25.7 Å². The van der Waals surface area contributed by atoms with Crippen LogP contribution in [0.4, 0.5) is 21.8 Å². The summed E-state index contributed by atoms with van der Waals surface area (Å²) in [6.45, 7) is 0. The molecule has 0 bridgehead atoms. The average Bonchev–Trinajstić information content (AvgIpc) is 2.56. The Labute approximate surface area is 152 Å². The Balaban J connectivity index is 1.72. The van der Waals surface area contributed by atoms with Gasteiger partial charge >= 0.3 is 0 Å². The smallest absolute Gasteiger partial charge is 0.229 e. The van der Waals surface area contributed by atoms with E-state index in [1.165, 1.54) is 12.1 Å². The molecule has 2 aromatic rings. The van der Waals surface area contributed by atoms with Crippen molar-refractivity contribution < 1.29 is 9.50 Å². The largest absolute Gasteiger partial charge is 0.393 e. The lowest BCUT2D eigenvalue weighted by atomic mass is 9.93. The summed E-state index contributed by atoms with van der Waals surface area (Å²) in [6.07, 6.45) is 4.83. The van der Waals surface area contributed by atoms with Crippen LogP contribution < -0.4 is 10.6 Å². The van der Waals surface area contributed by atoms with Gasteiger partial charge in [0, 0.05) is 17.9 Å². The number of nitrogens with one attached hydrogen (secondary N) is 2. The molecule has 128 valence electrons. The molecule has 1 fully saturated rings. The first-order valence-electron chi connectivity index (χ1n) is 7.70. The van der Waals surface area contributed by atoms with Crippen molar-refractivity contribution in [2.45, 2.75) is 37.8 Å². The van der Waals surface area contributed by atoms with Crippen molar-refractivity contribution in [1.82, 2.24) is 9.97 Å². The van der Waals surface area contributed by atoms with Gasteiger partial charge in [0.05, 0.1) is 15.6 Å². The minimum atomic E-state index is -0.471. The highest BCUT2D eigenvalue weighted by atomic mass is 79.9. The van der Waals surface area contributed by atoms with E-state index in [0.717, 1.165) is 30.2 Å². The van der Waals surface area contributed by atoms with Crippen LogP contribution >= 0.6 is 27.5 Å². The molecule has 1 aromatic carbocycles. The zero-order chi connectivity index (χ0) is 17.1.